The molecular weight excluding hydrogens is 473 g/mol. The van der Waals surface area contributed by atoms with Gasteiger partial charge in [0.25, 0.3) is 5.91 Å². The van der Waals surface area contributed by atoms with E-state index in [-0.39, 0.29) is 47.2 Å². The number of phenolic OH excluding ortho intramolecular Hbond substituents is 1. The number of likely N-dealkylation sites (N-methyl/N-ethyl adjacent to an activating group) is 1. The zero-order chi connectivity index (χ0) is 27.0. The lowest BCUT2D eigenvalue weighted by atomic mass is 9.58. The number of fused-ring (bicyclic) bond motifs is 3. The van der Waals surface area contributed by atoms with E-state index >= 15 is 4.39 Å². The van der Waals surface area contributed by atoms with Gasteiger partial charge in [-0.15, -0.1) is 0 Å². The van der Waals surface area contributed by atoms with Crippen molar-refractivity contribution in [1.29, 1.82) is 0 Å². The average Bonchev–Trinajstić information content (AvgIpc) is 2.76. The lowest BCUT2D eigenvalue weighted by Gasteiger charge is -2.50. The molecule has 1 aromatic rings. The summed E-state index contributed by atoms with van der Waals surface area (Å²) in [5.41, 5.74) is 1.47. The van der Waals surface area contributed by atoms with Crippen LogP contribution in [0.1, 0.15) is 33.5 Å². The summed E-state index contributed by atoms with van der Waals surface area (Å²) in [6, 6.07) is -1.10. The Morgan fingerprint density at radius 1 is 1.17 bits per heavy atom. The van der Waals surface area contributed by atoms with Crippen LogP contribution < -0.4 is 5.73 Å². The summed E-state index contributed by atoms with van der Waals surface area (Å²) >= 11 is 0. The number of allylic oxidation sites excluding steroid dienone is 1. The molecule has 4 atom stereocenters. The highest BCUT2D eigenvalue weighted by Crippen LogP contribution is 2.53. The van der Waals surface area contributed by atoms with Gasteiger partial charge in [-0.1, -0.05) is 0 Å². The van der Waals surface area contributed by atoms with E-state index in [2.05, 4.69) is 0 Å². The molecule has 0 saturated heterocycles. The van der Waals surface area contributed by atoms with E-state index in [0.717, 1.165) is 0 Å². The lowest BCUT2D eigenvalue weighted by Crippen LogP contribution is -2.63. The van der Waals surface area contributed by atoms with Crippen molar-refractivity contribution in [1.82, 2.24) is 9.80 Å². The van der Waals surface area contributed by atoms with Gasteiger partial charge in [0.1, 0.15) is 28.7 Å². The Balaban J connectivity index is 1.97. The molecule has 0 spiro atoms. The quantitative estimate of drug-likeness (QED) is 0.371. The summed E-state index contributed by atoms with van der Waals surface area (Å²) in [4.78, 5) is 42.1. The minimum absolute atomic E-state index is 0.00642. The number of benzene rings is 1. The largest absolute Gasteiger partial charge is 0.510 e. The second-order valence-electron chi connectivity index (χ2n) is 10.3. The number of phenols is 1. The third kappa shape index (κ3) is 3.30. The molecule has 0 unspecified atom stereocenters. The summed E-state index contributed by atoms with van der Waals surface area (Å²) in [7, 11) is 6.56. The molecule has 0 fully saturated rings. The van der Waals surface area contributed by atoms with E-state index in [1.165, 1.54) is 11.8 Å². The van der Waals surface area contributed by atoms with Gasteiger partial charge in [-0.3, -0.25) is 19.3 Å². The molecule has 0 aliphatic heterocycles. The standard InChI is InChI=1S/C25H30FN3O7/c1-9-12(8-28(2)3)17(26)11-6-10-7-13-18(29(4)5)21(32)16(24(27)35)23(34)25(13,36)22(33)14(10)20(31)15(11)19(9)30/h10,13,18,30,32-33,36H,6-8H2,1-5H3,(H2,27,35)/t10-,13-,18-,25-/m0/s1. The molecular formula is C25H30FN3O7. The van der Waals surface area contributed by atoms with Crippen molar-refractivity contribution in [2.24, 2.45) is 17.6 Å². The lowest BCUT2D eigenvalue weighted by molar-refractivity contribution is -0.148. The van der Waals surface area contributed by atoms with Crippen LogP contribution in [0.25, 0.3) is 0 Å². The molecule has 0 aromatic heterocycles. The highest BCUT2D eigenvalue weighted by molar-refractivity contribution is 6.24. The summed E-state index contributed by atoms with van der Waals surface area (Å²) in [6.07, 6.45) is -0.183. The van der Waals surface area contributed by atoms with Crippen LogP contribution in [0.15, 0.2) is 22.7 Å². The first kappa shape index (κ1) is 25.8. The van der Waals surface area contributed by atoms with Crippen LogP contribution in [-0.4, -0.2) is 87.5 Å². The zero-order valence-electron chi connectivity index (χ0n) is 20.7. The Morgan fingerprint density at radius 2 is 1.78 bits per heavy atom. The number of aliphatic hydroxyl groups is 3. The number of nitrogens with two attached hydrogens (primary N) is 1. The van der Waals surface area contributed by atoms with Crippen molar-refractivity contribution in [3.63, 3.8) is 0 Å². The fraction of sp³-hybridized carbons (Fsp3) is 0.480. The van der Waals surface area contributed by atoms with Gasteiger partial charge in [0.2, 0.25) is 5.78 Å². The van der Waals surface area contributed by atoms with Crippen molar-refractivity contribution < 1.29 is 39.2 Å². The third-order valence-corrected chi connectivity index (χ3v) is 7.67. The Bertz CT molecular complexity index is 1280. The van der Waals surface area contributed by atoms with Crippen LogP contribution in [-0.2, 0) is 22.6 Å². The number of hydrogen-bond acceptors (Lipinski definition) is 9. The molecule has 0 saturated carbocycles. The molecule has 1 aromatic carbocycles. The predicted octanol–water partition coefficient (Wildman–Crippen LogP) is 0.630. The molecule has 0 heterocycles. The number of halogens is 1. The molecule has 0 radical (unpaired) electrons. The van der Waals surface area contributed by atoms with E-state index < -0.39 is 69.6 Å². The Morgan fingerprint density at radius 3 is 2.31 bits per heavy atom. The first-order chi connectivity index (χ1) is 16.7. The van der Waals surface area contributed by atoms with Crippen LogP contribution in [0.5, 0.6) is 5.75 Å². The van der Waals surface area contributed by atoms with Crippen LogP contribution in [0.3, 0.4) is 0 Å². The van der Waals surface area contributed by atoms with Crippen LogP contribution in [0, 0.1) is 24.6 Å². The first-order valence-electron chi connectivity index (χ1n) is 11.5. The number of carbonyl (C=O) groups is 3. The first-order valence-corrected chi connectivity index (χ1v) is 11.5. The second-order valence-corrected chi connectivity index (χ2v) is 10.3. The maximum atomic E-state index is 15.7. The number of ketones is 2. The molecule has 3 aliphatic rings. The van der Waals surface area contributed by atoms with Gasteiger partial charge in [0.05, 0.1) is 11.6 Å². The Hall–Kier alpha value is -3.28. The van der Waals surface area contributed by atoms with Crippen molar-refractivity contribution in [2.75, 3.05) is 28.2 Å². The van der Waals surface area contributed by atoms with E-state index in [0.29, 0.717) is 0 Å². The number of rotatable bonds is 4. The predicted molar refractivity (Wildman–Crippen MR) is 126 cm³/mol. The fourth-order valence-electron chi connectivity index (χ4n) is 6.02. The van der Waals surface area contributed by atoms with Crippen molar-refractivity contribution in [3.05, 3.63) is 50.7 Å². The molecule has 0 bridgehead atoms. The van der Waals surface area contributed by atoms with Crippen molar-refractivity contribution >= 4 is 17.5 Å². The number of aromatic hydroxyl groups is 1. The van der Waals surface area contributed by atoms with Gasteiger partial charge in [-0.25, -0.2) is 4.39 Å². The highest BCUT2D eigenvalue weighted by Gasteiger charge is 2.63. The summed E-state index contributed by atoms with van der Waals surface area (Å²) in [5, 5.41) is 44.5. The fourth-order valence-corrected chi connectivity index (χ4v) is 6.02. The number of hydrogen-bond donors (Lipinski definition) is 5. The monoisotopic (exact) mass is 503 g/mol. The number of Topliss-reactive ketones (excluding diaryl/α,β-unsaturated/α-hetero) is 2. The van der Waals surface area contributed by atoms with Gasteiger partial charge in [0.15, 0.2) is 11.4 Å². The van der Waals surface area contributed by atoms with Crippen molar-refractivity contribution in [3.8, 4) is 5.75 Å². The topological polar surface area (TPSA) is 165 Å². The molecule has 6 N–H and O–H groups in total. The molecule has 10 nitrogen and oxygen atoms in total. The van der Waals surface area contributed by atoms with Crippen LogP contribution >= 0.6 is 0 Å². The molecule has 36 heavy (non-hydrogen) atoms. The van der Waals surface area contributed by atoms with Gasteiger partial charge in [-0.05, 0) is 59.4 Å². The summed E-state index contributed by atoms with van der Waals surface area (Å²) in [6.45, 7) is 1.66. The molecule has 3 aliphatic carbocycles. The zero-order valence-corrected chi connectivity index (χ0v) is 20.7. The van der Waals surface area contributed by atoms with Gasteiger partial charge < -0.3 is 31.1 Å². The highest BCUT2D eigenvalue weighted by atomic mass is 19.1. The second kappa shape index (κ2) is 8.39. The number of amides is 1. The van der Waals surface area contributed by atoms with Gasteiger partial charge in [-0.2, -0.15) is 0 Å². The van der Waals surface area contributed by atoms with E-state index in [1.807, 2.05) is 0 Å². The van der Waals surface area contributed by atoms with E-state index in [9.17, 15) is 34.8 Å². The summed E-state index contributed by atoms with van der Waals surface area (Å²) < 4.78 is 15.7. The number of nitrogens with zero attached hydrogens (tertiary/aromatic N) is 2. The molecule has 1 amide bonds. The smallest absolute Gasteiger partial charge is 0.255 e. The Kier molecular flexibility index (Phi) is 6.02. The number of carbonyl (C=O) groups excluding carboxylic acids is 3. The average molecular weight is 504 g/mol. The minimum atomic E-state index is -2.72. The third-order valence-electron chi connectivity index (χ3n) is 7.67. The normalized spacial score (nSPS) is 28.0. The number of primary amides is 1. The SMILES string of the molecule is Cc1c(O)c2c(c(F)c1CN(C)C)C[C@H]1C[C@H]3[C@H](N(C)C)C(O)=C(C(N)=O)C(=O)[C@@]3(O)C(O)=C1C2=O. The maximum Gasteiger partial charge on any atom is 0.255 e. The summed E-state index contributed by atoms with van der Waals surface area (Å²) in [5.74, 6) is -8.19. The number of aliphatic hydroxyl groups excluding tert-OH is 2. The molecule has 4 rings (SSSR count). The van der Waals surface area contributed by atoms with Crippen molar-refractivity contribution in [2.45, 2.75) is 38.0 Å². The maximum absolute atomic E-state index is 15.7. The Labute approximate surface area is 207 Å². The minimum Gasteiger partial charge on any atom is -0.510 e. The molecule has 11 heteroatoms. The van der Waals surface area contributed by atoms with Crippen LogP contribution in [0.2, 0.25) is 0 Å². The van der Waals surface area contributed by atoms with Gasteiger partial charge in [0, 0.05) is 29.2 Å². The van der Waals surface area contributed by atoms with E-state index in [1.54, 1.807) is 33.1 Å². The molecule has 194 valence electrons. The van der Waals surface area contributed by atoms with Gasteiger partial charge >= 0.3 is 0 Å². The van der Waals surface area contributed by atoms with E-state index in [4.69, 9.17) is 5.73 Å². The van der Waals surface area contributed by atoms with Crippen LogP contribution in [0.4, 0.5) is 4.39 Å².